The predicted molar refractivity (Wildman–Crippen MR) is 38.8 cm³/mol. The van der Waals surface area contributed by atoms with Gasteiger partial charge in [0.25, 0.3) is 0 Å². The van der Waals surface area contributed by atoms with Gasteiger partial charge >= 0.3 is 0 Å². The second-order valence-corrected chi connectivity index (χ2v) is 3.63. The van der Waals surface area contributed by atoms with Crippen LogP contribution in [-0.2, 0) is 9.53 Å². The Kier molecular flexibility index (Phi) is 1.51. The molecule has 2 rings (SSSR count). The molecule has 0 unspecified atom stereocenters. The fraction of sp³-hybridized carbons (Fsp3) is 0.875. The fourth-order valence-corrected chi connectivity index (χ4v) is 2.13. The molecule has 3 N–H and O–H groups in total. The summed E-state index contributed by atoms with van der Waals surface area (Å²) in [5.74, 6) is 0.363. The molecule has 0 aromatic heterocycles. The molecule has 0 amide bonds. The molecule has 0 radical (unpaired) electrons. The van der Waals surface area contributed by atoms with Gasteiger partial charge in [-0.3, -0.25) is 4.79 Å². The van der Waals surface area contributed by atoms with Gasteiger partial charge in [0.2, 0.25) is 0 Å². The van der Waals surface area contributed by atoms with Crippen molar-refractivity contribution >= 4 is 5.78 Å². The molecule has 0 spiro atoms. The van der Waals surface area contributed by atoms with Crippen molar-refractivity contribution in [3.63, 3.8) is 0 Å². The lowest BCUT2D eigenvalue weighted by atomic mass is 9.94. The molecule has 3 heteroatoms. The summed E-state index contributed by atoms with van der Waals surface area (Å²) in [5, 5.41) is 0. The van der Waals surface area contributed by atoms with Crippen LogP contribution in [-0.4, -0.2) is 24.0 Å². The Hall–Kier alpha value is -0.410. The Labute approximate surface area is 65.9 Å². The number of ether oxygens (including phenoxy) is 1. The van der Waals surface area contributed by atoms with Crippen molar-refractivity contribution in [1.82, 2.24) is 0 Å². The minimum absolute atomic E-state index is 0.153. The Morgan fingerprint density at radius 1 is 1.73 bits per heavy atom. The van der Waals surface area contributed by atoms with Crippen molar-refractivity contribution in [3.05, 3.63) is 0 Å². The number of hydrogen-bond donors (Lipinski definition) is 1. The number of Topliss-reactive ketones (excluding diaryl/α,β-unsaturated/α-hetero) is 1. The van der Waals surface area contributed by atoms with Crippen LogP contribution in [0.15, 0.2) is 0 Å². The van der Waals surface area contributed by atoms with Crippen molar-refractivity contribution in [2.24, 2.45) is 0 Å². The molecule has 11 heavy (non-hydrogen) atoms. The van der Waals surface area contributed by atoms with Crippen molar-refractivity contribution in [2.75, 3.05) is 6.54 Å². The van der Waals surface area contributed by atoms with Gasteiger partial charge < -0.3 is 10.5 Å². The summed E-state index contributed by atoms with van der Waals surface area (Å²) in [5.41, 5.74) is 3.68. The van der Waals surface area contributed by atoms with Gasteiger partial charge in [0.15, 0.2) is 0 Å². The van der Waals surface area contributed by atoms with Gasteiger partial charge in [-0.1, -0.05) is 0 Å². The molecule has 0 aromatic rings. The quantitative estimate of drug-likeness (QED) is 0.557. The van der Waals surface area contributed by atoms with Crippen molar-refractivity contribution in [1.29, 1.82) is 0 Å². The highest BCUT2D eigenvalue weighted by Gasteiger charge is 2.46. The third-order valence-corrected chi connectivity index (χ3v) is 2.77. The molecule has 2 aliphatic rings. The maximum Gasteiger partial charge on any atom is 0.138 e. The maximum absolute atomic E-state index is 11.2. The zero-order chi connectivity index (χ0) is 7.90. The lowest BCUT2D eigenvalue weighted by Gasteiger charge is -2.29. The van der Waals surface area contributed by atoms with E-state index in [2.05, 4.69) is 5.73 Å². The minimum Gasteiger partial charge on any atom is -0.365 e. The molecule has 2 atom stereocenters. The molecule has 0 saturated carbocycles. The summed E-state index contributed by atoms with van der Waals surface area (Å²) < 4.78 is 5.72. The number of ketones is 1. The van der Waals surface area contributed by atoms with E-state index in [9.17, 15) is 4.79 Å². The Morgan fingerprint density at radius 3 is 3.27 bits per heavy atom. The highest BCUT2D eigenvalue weighted by molar-refractivity contribution is 5.81. The van der Waals surface area contributed by atoms with E-state index in [-0.39, 0.29) is 11.7 Å². The SMILES string of the molecule is [NH3+]C[C@]12CC[C@@H](CC(=O)C1)O2. The number of carbonyl (C=O) groups excluding carboxylic acids is 1. The van der Waals surface area contributed by atoms with Gasteiger partial charge in [0, 0.05) is 12.8 Å². The first-order valence-corrected chi connectivity index (χ1v) is 4.23. The predicted octanol–water partition coefficient (Wildman–Crippen LogP) is -0.491. The molecule has 2 saturated heterocycles. The van der Waals surface area contributed by atoms with Crippen LogP contribution in [0, 0.1) is 0 Å². The summed E-state index contributed by atoms with van der Waals surface area (Å²) in [6, 6.07) is 0. The van der Waals surface area contributed by atoms with Crippen LogP contribution < -0.4 is 5.73 Å². The molecule has 62 valence electrons. The Bertz CT molecular complexity index is 193. The second kappa shape index (κ2) is 2.29. The first-order chi connectivity index (χ1) is 5.24. The largest absolute Gasteiger partial charge is 0.365 e. The molecule has 2 bridgehead atoms. The van der Waals surface area contributed by atoms with E-state index >= 15 is 0 Å². The van der Waals surface area contributed by atoms with Crippen molar-refractivity contribution < 1.29 is 15.3 Å². The standard InChI is InChI=1S/C8H13NO2/c9-5-8-2-1-7(11-8)3-6(10)4-8/h7H,1-5,9H2/p+1/t7-,8-/m0/s1. The van der Waals surface area contributed by atoms with Gasteiger partial charge in [-0.25, -0.2) is 0 Å². The van der Waals surface area contributed by atoms with Crippen molar-refractivity contribution in [2.45, 2.75) is 37.4 Å². The second-order valence-electron chi connectivity index (χ2n) is 3.63. The van der Waals surface area contributed by atoms with E-state index in [1.165, 1.54) is 0 Å². The zero-order valence-corrected chi connectivity index (χ0v) is 6.64. The molecule has 0 aromatic carbocycles. The monoisotopic (exact) mass is 156 g/mol. The van der Waals surface area contributed by atoms with Gasteiger partial charge in [-0.05, 0) is 12.8 Å². The topological polar surface area (TPSA) is 53.9 Å². The summed E-state index contributed by atoms with van der Waals surface area (Å²) in [6.07, 6.45) is 3.56. The van der Waals surface area contributed by atoms with Gasteiger partial charge in [0.1, 0.15) is 17.9 Å². The highest BCUT2D eigenvalue weighted by Crippen LogP contribution is 2.38. The number of quaternary nitrogens is 1. The molecular weight excluding hydrogens is 142 g/mol. The molecule has 0 aliphatic carbocycles. The summed E-state index contributed by atoms with van der Waals surface area (Å²) in [6.45, 7) is 0.745. The summed E-state index contributed by atoms with van der Waals surface area (Å²) in [4.78, 5) is 11.2. The van der Waals surface area contributed by atoms with Crippen LogP contribution in [0.4, 0.5) is 0 Å². The molecule has 2 fully saturated rings. The van der Waals surface area contributed by atoms with Gasteiger partial charge in [0.05, 0.1) is 6.10 Å². The highest BCUT2D eigenvalue weighted by atomic mass is 16.5. The number of fused-ring (bicyclic) bond motifs is 2. The maximum atomic E-state index is 11.2. The van der Waals surface area contributed by atoms with E-state index in [0.717, 1.165) is 19.4 Å². The summed E-state index contributed by atoms with van der Waals surface area (Å²) in [7, 11) is 0. The number of carbonyl (C=O) groups is 1. The minimum atomic E-state index is -0.153. The Morgan fingerprint density at radius 2 is 2.55 bits per heavy atom. The summed E-state index contributed by atoms with van der Waals surface area (Å²) >= 11 is 0. The van der Waals surface area contributed by atoms with Crippen LogP contribution in [0.25, 0.3) is 0 Å². The van der Waals surface area contributed by atoms with Crippen LogP contribution >= 0.6 is 0 Å². The zero-order valence-electron chi connectivity index (χ0n) is 6.64. The lowest BCUT2D eigenvalue weighted by Crippen LogP contribution is -2.62. The van der Waals surface area contributed by atoms with E-state index in [0.29, 0.717) is 18.6 Å². The molecular formula is C8H14NO2+. The number of rotatable bonds is 1. The molecule has 3 nitrogen and oxygen atoms in total. The van der Waals surface area contributed by atoms with Gasteiger partial charge in [-0.15, -0.1) is 0 Å². The molecule has 2 aliphatic heterocycles. The fourth-order valence-electron chi connectivity index (χ4n) is 2.13. The van der Waals surface area contributed by atoms with E-state index in [1.807, 2.05) is 0 Å². The lowest BCUT2D eigenvalue weighted by molar-refractivity contribution is -0.402. The van der Waals surface area contributed by atoms with E-state index in [4.69, 9.17) is 4.74 Å². The normalized spacial score (nSPS) is 43.0. The van der Waals surface area contributed by atoms with E-state index < -0.39 is 0 Å². The van der Waals surface area contributed by atoms with E-state index in [1.54, 1.807) is 0 Å². The first-order valence-electron chi connectivity index (χ1n) is 4.23. The Balaban J connectivity index is 2.18. The first kappa shape index (κ1) is 7.25. The smallest absolute Gasteiger partial charge is 0.138 e. The molecule has 2 heterocycles. The van der Waals surface area contributed by atoms with Crippen molar-refractivity contribution in [3.8, 4) is 0 Å². The average Bonchev–Trinajstić information content (AvgIpc) is 2.28. The van der Waals surface area contributed by atoms with Crippen LogP contribution in [0.5, 0.6) is 0 Å². The average molecular weight is 156 g/mol. The third kappa shape index (κ3) is 1.08. The third-order valence-electron chi connectivity index (χ3n) is 2.77. The van der Waals surface area contributed by atoms with Crippen LogP contribution in [0.2, 0.25) is 0 Å². The van der Waals surface area contributed by atoms with Crippen LogP contribution in [0.3, 0.4) is 0 Å². The van der Waals surface area contributed by atoms with Crippen LogP contribution in [0.1, 0.15) is 25.7 Å². The number of hydrogen-bond acceptors (Lipinski definition) is 2. The van der Waals surface area contributed by atoms with Gasteiger partial charge in [-0.2, -0.15) is 0 Å².